The van der Waals surface area contributed by atoms with Gasteiger partial charge in [-0.25, -0.2) is 9.78 Å². The van der Waals surface area contributed by atoms with E-state index in [0.717, 1.165) is 6.07 Å². The standard InChI is InChI=1S/C26H24F3NO2/c1-25(2,3)17-13-16(12-15-8-4-6-10-20(15)26(27,28)29)23-19(14-17)22(24(31)32)18-9-5-7-11-21(18)30-23/h4-12,17H,13-14H2,1-3H3,(H,31,32)/b16-12-. The van der Waals surface area contributed by atoms with Gasteiger partial charge < -0.3 is 5.11 Å². The Morgan fingerprint density at radius 2 is 1.69 bits per heavy atom. The number of alkyl halides is 3. The fourth-order valence-corrected chi connectivity index (χ4v) is 4.45. The van der Waals surface area contributed by atoms with Gasteiger partial charge in [0.2, 0.25) is 0 Å². The van der Waals surface area contributed by atoms with Crippen molar-refractivity contribution in [1.82, 2.24) is 4.98 Å². The molecule has 4 rings (SSSR count). The highest BCUT2D eigenvalue weighted by Gasteiger charge is 2.36. The van der Waals surface area contributed by atoms with Gasteiger partial charge in [0, 0.05) is 5.39 Å². The van der Waals surface area contributed by atoms with E-state index in [2.05, 4.69) is 20.8 Å². The Kier molecular flexibility index (Phi) is 5.35. The number of nitrogens with zero attached hydrogens (tertiary/aromatic N) is 1. The molecule has 1 heterocycles. The first-order valence-corrected chi connectivity index (χ1v) is 10.5. The molecule has 0 spiro atoms. The van der Waals surface area contributed by atoms with Crippen LogP contribution in [0, 0.1) is 11.3 Å². The molecule has 1 unspecified atom stereocenters. The highest BCUT2D eigenvalue weighted by Crippen LogP contribution is 2.45. The fourth-order valence-electron chi connectivity index (χ4n) is 4.45. The predicted molar refractivity (Wildman–Crippen MR) is 119 cm³/mol. The van der Waals surface area contributed by atoms with Crippen LogP contribution in [0.4, 0.5) is 13.2 Å². The van der Waals surface area contributed by atoms with E-state index in [4.69, 9.17) is 4.98 Å². The Morgan fingerprint density at radius 3 is 2.34 bits per heavy atom. The number of aromatic carboxylic acids is 1. The minimum atomic E-state index is -4.49. The van der Waals surface area contributed by atoms with Crippen molar-refractivity contribution in [2.75, 3.05) is 0 Å². The molecular weight excluding hydrogens is 415 g/mol. The summed E-state index contributed by atoms with van der Waals surface area (Å²) < 4.78 is 40.9. The molecule has 32 heavy (non-hydrogen) atoms. The smallest absolute Gasteiger partial charge is 0.416 e. The SMILES string of the molecule is CC(C)(C)C1C/C(=C/c2ccccc2C(F)(F)F)c2nc3ccccc3c(C(=O)O)c2C1. The summed E-state index contributed by atoms with van der Waals surface area (Å²) >= 11 is 0. The molecule has 0 aliphatic heterocycles. The first kappa shape index (κ1) is 22.1. The zero-order valence-electron chi connectivity index (χ0n) is 18.1. The van der Waals surface area contributed by atoms with Crippen molar-refractivity contribution in [3.8, 4) is 0 Å². The second-order valence-electron chi connectivity index (χ2n) is 9.36. The van der Waals surface area contributed by atoms with Gasteiger partial charge in [-0.3, -0.25) is 0 Å². The summed E-state index contributed by atoms with van der Waals surface area (Å²) in [6.45, 7) is 6.20. The molecule has 0 amide bonds. The molecular formula is C26H24F3NO2. The summed E-state index contributed by atoms with van der Waals surface area (Å²) in [5.74, 6) is -0.996. The summed E-state index contributed by atoms with van der Waals surface area (Å²) in [6.07, 6.45) is -1.92. The third kappa shape index (κ3) is 4.01. The first-order chi connectivity index (χ1) is 15.0. The minimum absolute atomic E-state index is 0.0559. The van der Waals surface area contributed by atoms with Crippen molar-refractivity contribution in [2.24, 2.45) is 11.3 Å². The molecule has 0 bridgehead atoms. The van der Waals surface area contributed by atoms with E-state index in [-0.39, 0.29) is 22.5 Å². The highest BCUT2D eigenvalue weighted by atomic mass is 19.4. The van der Waals surface area contributed by atoms with Crippen LogP contribution < -0.4 is 0 Å². The van der Waals surface area contributed by atoms with Crippen LogP contribution >= 0.6 is 0 Å². The fraction of sp³-hybridized carbons (Fsp3) is 0.308. The molecule has 1 aliphatic carbocycles. The van der Waals surface area contributed by atoms with Crippen LogP contribution in [-0.2, 0) is 12.6 Å². The monoisotopic (exact) mass is 439 g/mol. The summed E-state index contributed by atoms with van der Waals surface area (Å²) in [5, 5.41) is 10.6. The lowest BCUT2D eigenvalue weighted by Gasteiger charge is -2.36. The molecule has 0 saturated heterocycles. The second-order valence-corrected chi connectivity index (χ2v) is 9.36. The number of aromatic nitrogens is 1. The second kappa shape index (κ2) is 7.76. The molecule has 1 N–H and O–H groups in total. The Morgan fingerprint density at radius 1 is 1.03 bits per heavy atom. The Hall–Kier alpha value is -3.15. The van der Waals surface area contributed by atoms with E-state index in [0.29, 0.717) is 40.6 Å². The maximum Gasteiger partial charge on any atom is 0.416 e. The van der Waals surface area contributed by atoms with Crippen LogP contribution in [0.1, 0.15) is 59.9 Å². The van der Waals surface area contributed by atoms with Crippen LogP contribution in [0.3, 0.4) is 0 Å². The van der Waals surface area contributed by atoms with Gasteiger partial charge in [0.1, 0.15) is 0 Å². The molecule has 166 valence electrons. The van der Waals surface area contributed by atoms with Gasteiger partial charge >= 0.3 is 12.1 Å². The Labute approximate surface area is 184 Å². The van der Waals surface area contributed by atoms with Crippen molar-refractivity contribution >= 4 is 28.5 Å². The lowest BCUT2D eigenvalue weighted by atomic mass is 9.69. The number of halogens is 3. The maximum atomic E-state index is 13.6. The quantitative estimate of drug-likeness (QED) is 0.463. The normalized spacial score (nSPS) is 18.1. The van der Waals surface area contributed by atoms with E-state index in [1.807, 2.05) is 0 Å². The van der Waals surface area contributed by atoms with Crippen molar-refractivity contribution in [1.29, 1.82) is 0 Å². The Balaban J connectivity index is 2.02. The number of carboxylic acids is 1. The minimum Gasteiger partial charge on any atom is -0.478 e. The molecule has 3 nitrogen and oxygen atoms in total. The predicted octanol–water partition coefficient (Wildman–Crippen LogP) is 7.10. The van der Waals surface area contributed by atoms with Crippen molar-refractivity contribution in [2.45, 2.75) is 39.8 Å². The number of carboxylic acid groups (broad SMARTS) is 1. The molecule has 1 atom stereocenters. The summed E-state index contributed by atoms with van der Waals surface area (Å²) in [5.41, 5.74) is 1.60. The van der Waals surface area contributed by atoms with Crippen LogP contribution in [0.25, 0.3) is 22.6 Å². The zero-order valence-corrected chi connectivity index (χ0v) is 18.1. The van der Waals surface area contributed by atoms with E-state index in [1.165, 1.54) is 18.2 Å². The topological polar surface area (TPSA) is 50.2 Å². The maximum absolute atomic E-state index is 13.6. The third-order valence-corrected chi connectivity index (χ3v) is 6.25. The van der Waals surface area contributed by atoms with E-state index in [1.54, 1.807) is 30.3 Å². The number of carbonyl (C=O) groups is 1. The van der Waals surface area contributed by atoms with Crippen LogP contribution in [-0.4, -0.2) is 16.1 Å². The van der Waals surface area contributed by atoms with E-state index < -0.39 is 17.7 Å². The van der Waals surface area contributed by atoms with Crippen molar-refractivity contribution < 1.29 is 23.1 Å². The number of allylic oxidation sites excluding steroid dienone is 1. The lowest BCUT2D eigenvalue weighted by molar-refractivity contribution is -0.137. The van der Waals surface area contributed by atoms with Crippen LogP contribution in [0.15, 0.2) is 48.5 Å². The van der Waals surface area contributed by atoms with E-state index >= 15 is 0 Å². The number of hydrogen-bond acceptors (Lipinski definition) is 2. The summed E-state index contributed by atoms with van der Waals surface area (Å²) in [6, 6.07) is 12.5. The molecule has 0 radical (unpaired) electrons. The molecule has 1 aliphatic rings. The molecule has 2 aromatic carbocycles. The van der Waals surface area contributed by atoms with Gasteiger partial charge in [-0.15, -0.1) is 0 Å². The number of rotatable bonds is 2. The number of benzene rings is 2. The van der Waals surface area contributed by atoms with E-state index in [9.17, 15) is 23.1 Å². The molecule has 3 aromatic rings. The van der Waals surface area contributed by atoms with Gasteiger partial charge in [-0.05, 0) is 59.1 Å². The summed E-state index contributed by atoms with van der Waals surface area (Å²) in [4.78, 5) is 17.0. The third-order valence-electron chi connectivity index (χ3n) is 6.25. The van der Waals surface area contributed by atoms with Crippen molar-refractivity contribution in [3.63, 3.8) is 0 Å². The number of para-hydroxylation sites is 1. The van der Waals surface area contributed by atoms with Crippen LogP contribution in [0.5, 0.6) is 0 Å². The average molecular weight is 439 g/mol. The largest absolute Gasteiger partial charge is 0.478 e. The van der Waals surface area contributed by atoms with Gasteiger partial charge in [-0.2, -0.15) is 13.2 Å². The van der Waals surface area contributed by atoms with Crippen molar-refractivity contribution in [3.05, 3.63) is 76.5 Å². The molecule has 6 heteroatoms. The number of hydrogen-bond donors (Lipinski definition) is 1. The van der Waals surface area contributed by atoms with Gasteiger partial charge in [-0.1, -0.05) is 57.2 Å². The lowest BCUT2D eigenvalue weighted by Crippen LogP contribution is -2.28. The Bertz CT molecular complexity index is 1240. The van der Waals surface area contributed by atoms with Gasteiger partial charge in [0.25, 0.3) is 0 Å². The first-order valence-electron chi connectivity index (χ1n) is 10.5. The zero-order chi connectivity index (χ0) is 23.3. The number of fused-ring (bicyclic) bond motifs is 2. The number of pyridine rings is 1. The van der Waals surface area contributed by atoms with Gasteiger partial charge in [0.15, 0.2) is 0 Å². The molecule has 0 saturated carbocycles. The van der Waals surface area contributed by atoms with Gasteiger partial charge in [0.05, 0.1) is 22.3 Å². The van der Waals surface area contributed by atoms with Crippen LogP contribution in [0.2, 0.25) is 0 Å². The molecule has 0 fully saturated rings. The average Bonchev–Trinajstić information content (AvgIpc) is 2.70. The molecule has 1 aromatic heterocycles. The highest BCUT2D eigenvalue weighted by molar-refractivity contribution is 6.06. The summed E-state index contributed by atoms with van der Waals surface area (Å²) in [7, 11) is 0.